The van der Waals surface area contributed by atoms with Gasteiger partial charge in [-0.25, -0.2) is 0 Å². The molecule has 3 aromatic rings. The molecule has 0 atom stereocenters. The van der Waals surface area contributed by atoms with Gasteiger partial charge in [-0.05, 0) is 75.0 Å². The van der Waals surface area contributed by atoms with Crippen molar-refractivity contribution in [3.63, 3.8) is 0 Å². The molecular formula is C26H13F3. The summed E-state index contributed by atoms with van der Waals surface area (Å²) in [6, 6.07) is 13.8. The number of fused-ring (bicyclic) bond motifs is 6. The van der Waals surface area contributed by atoms with E-state index in [0.29, 0.717) is 16.7 Å². The van der Waals surface area contributed by atoms with Gasteiger partial charge in [0.1, 0.15) is 0 Å². The van der Waals surface area contributed by atoms with Crippen LogP contribution in [0, 0.1) is 31.6 Å². The molecule has 0 amide bonds. The zero-order valence-corrected chi connectivity index (χ0v) is 15.4. The molecule has 0 unspecified atom stereocenters. The van der Waals surface area contributed by atoms with E-state index in [4.69, 9.17) is 12.8 Å². The summed E-state index contributed by atoms with van der Waals surface area (Å²) in [5.74, 6) is 5.40. The van der Waals surface area contributed by atoms with Crippen LogP contribution in [0.4, 0.5) is 13.2 Å². The SMILES string of the molecule is C#CC1=c2cc3c(cc2-c2ccc(C)cc21)=C(C#C)c1cc(C(F)(F)F)ccc1-3. The molecule has 5 rings (SSSR count). The van der Waals surface area contributed by atoms with Crippen LogP contribution in [0.25, 0.3) is 33.4 Å². The molecule has 3 aromatic carbocycles. The number of benzene rings is 3. The lowest BCUT2D eigenvalue weighted by Crippen LogP contribution is -2.13. The van der Waals surface area contributed by atoms with Crippen molar-refractivity contribution in [2.24, 2.45) is 0 Å². The van der Waals surface area contributed by atoms with Crippen molar-refractivity contribution in [1.82, 2.24) is 0 Å². The Morgan fingerprint density at radius 1 is 0.655 bits per heavy atom. The van der Waals surface area contributed by atoms with Crippen molar-refractivity contribution in [3.8, 4) is 46.9 Å². The second kappa shape index (κ2) is 5.66. The van der Waals surface area contributed by atoms with Crippen molar-refractivity contribution in [3.05, 3.63) is 81.2 Å². The molecular weight excluding hydrogens is 369 g/mol. The van der Waals surface area contributed by atoms with Crippen LogP contribution in [0.1, 0.15) is 22.3 Å². The summed E-state index contributed by atoms with van der Waals surface area (Å²) in [5.41, 5.74) is 6.61. The number of aryl methyl sites for hydroxylation is 1. The maximum absolute atomic E-state index is 13.2. The molecule has 0 saturated carbocycles. The van der Waals surface area contributed by atoms with Crippen molar-refractivity contribution in [2.45, 2.75) is 13.1 Å². The molecule has 0 bridgehead atoms. The Morgan fingerprint density at radius 3 is 1.69 bits per heavy atom. The van der Waals surface area contributed by atoms with Crippen molar-refractivity contribution >= 4 is 11.1 Å². The van der Waals surface area contributed by atoms with Crippen LogP contribution in [-0.4, -0.2) is 0 Å². The smallest absolute Gasteiger partial charge is 0.166 e. The maximum Gasteiger partial charge on any atom is 0.416 e. The predicted octanol–water partition coefficient (Wildman–Crippen LogP) is 4.64. The number of rotatable bonds is 0. The first-order valence-electron chi connectivity index (χ1n) is 9.03. The van der Waals surface area contributed by atoms with Gasteiger partial charge in [-0.2, -0.15) is 13.2 Å². The molecule has 2 aliphatic carbocycles. The van der Waals surface area contributed by atoms with Crippen LogP contribution in [-0.2, 0) is 6.18 Å². The first kappa shape index (κ1) is 17.4. The van der Waals surface area contributed by atoms with E-state index in [1.807, 2.05) is 31.2 Å². The molecule has 0 aromatic heterocycles. The second-order valence-corrected chi connectivity index (χ2v) is 7.29. The summed E-state index contributed by atoms with van der Waals surface area (Å²) in [7, 11) is 0. The molecule has 0 aliphatic heterocycles. The predicted molar refractivity (Wildman–Crippen MR) is 109 cm³/mol. The van der Waals surface area contributed by atoms with Crippen LogP contribution in [0.3, 0.4) is 0 Å². The molecule has 0 radical (unpaired) electrons. The Bertz CT molecular complexity index is 1450. The summed E-state index contributed by atoms with van der Waals surface area (Å²) in [6.45, 7) is 2.01. The van der Waals surface area contributed by atoms with E-state index >= 15 is 0 Å². The van der Waals surface area contributed by atoms with E-state index in [9.17, 15) is 13.2 Å². The van der Waals surface area contributed by atoms with Gasteiger partial charge in [0.15, 0.2) is 0 Å². The largest absolute Gasteiger partial charge is 0.416 e. The van der Waals surface area contributed by atoms with E-state index in [0.717, 1.165) is 56.0 Å². The normalized spacial score (nSPS) is 13.3. The highest BCUT2D eigenvalue weighted by Gasteiger charge is 2.33. The second-order valence-electron chi connectivity index (χ2n) is 7.29. The van der Waals surface area contributed by atoms with Gasteiger partial charge in [0.05, 0.1) is 5.56 Å². The molecule has 29 heavy (non-hydrogen) atoms. The lowest BCUT2D eigenvalue weighted by atomic mass is 9.99. The third-order valence-corrected chi connectivity index (χ3v) is 5.63. The van der Waals surface area contributed by atoms with Gasteiger partial charge >= 0.3 is 6.18 Å². The standard InChI is InChI=1S/C26H13F3/c1-4-16-20-10-14(3)6-8-18(20)24-13-23-17(5-2)21-11-15(26(27,28)29)7-9-19(21)25(23)12-22(16)24/h1-2,6-13H,3H3. The van der Waals surface area contributed by atoms with E-state index in [2.05, 4.69) is 17.9 Å². The fourth-order valence-corrected chi connectivity index (χ4v) is 4.32. The van der Waals surface area contributed by atoms with Crippen LogP contribution < -0.4 is 10.4 Å². The van der Waals surface area contributed by atoms with Gasteiger partial charge in [0.25, 0.3) is 0 Å². The molecule has 0 fully saturated rings. The highest BCUT2D eigenvalue weighted by molar-refractivity contribution is 6.00. The highest BCUT2D eigenvalue weighted by Crippen LogP contribution is 2.39. The summed E-state index contributed by atoms with van der Waals surface area (Å²) in [4.78, 5) is 0. The van der Waals surface area contributed by atoms with Crippen molar-refractivity contribution < 1.29 is 13.2 Å². The third kappa shape index (κ3) is 2.31. The molecule has 138 valence electrons. The molecule has 3 heteroatoms. The monoisotopic (exact) mass is 382 g/mol. The average Bonchev–Trinajstić information content (AvgIpc) is 3.15. The van der Waals surface area contributed by atoms with Crippen molar-refractivity contribution in [2.75, 3.05) is 0 Å². The quantitative estimate of drug-likeness (QED) is 0.497. The topological polar surface area (TPSA) is 0 Å². The molecule has 0 N–H and O–H groups in total. The minimum atomic E-state index is -4.42. The summed E-state index contributed by atoms with van der Waals surface area (Å²) < 4.78 is 39.7. The van der Waals surface area contributed by atoms with Gasteiger partial charge in [-0.3, -0.25) is 0 Å². The number of alkyl halides is 3. The molecule has 0 saturated heterocycles. The lowest BCUT2D eigenvalue weighted by molar-refractivity contribution is -0.137. The first-order chi connectivity index (χ1) is 13.8. The van der Waals surface area contributed by atoms with E-state index in [1.54, 1.807) is 0 Å². The molecule has 0 nitrogen and oxygen atoms in total. The Labute approximate surface area is 166 Å². The highest BCUT2D eigenvalue weighted by atomic mass is 19.4. The lowest BCUT2D eigenvalue weighted by Gasteiger charge is -2.09. The van der Waals surface area contributed by atoms with Gasteiger partial charge in [0, 0.05) is 11.1 Å². The van der Waals surface area contributed by atoms with Gasteiger partial charge < -0.3 is 0 Å². The Morgan fingerprint density at radius 2 is 1.17 bits per heavy atom. The zero-order chi connectivity index (χ0) is 20.5. The van der Waals surface area contributed by atoms with Crippen LogP contribution in [0.2, 0.25) is 0 Å². The van der Waals surface area contributed by atoms with Crippen LogP contribution in [0.15, 0.2) is 48.5 Å². The van der Waals surface area contributed by atoms with E-state index in [1.165, 1.54) is 6.07 Å². The fraction of sp³-hybridized carbons (Fsp3) is 0.0769. The van der Waals surface area contributed by atoms with E-state index < -0.39 is 11.7 Å². The Hall–Kier alpha value is -3.69. The molecule has 0 spiro atoms. The zero-order valence-electron chi connectivity index (χ0n) is 15.4. The van der Waals surface area contributed by atoms with Gasteiger partial charge in [0.2, 0.25) is 0 Å². The summed E-state index contributed by atoms with van der Waals surface area (Å²) in [5, 5.41) is 1.68. The molecule has 0 heterocycles. The van der Waals surface area contributed by atoms with Crippen molar-refractivity contribution in [1.29, 1.82) is 0 Å². The maximum atomic E-state index is 13.2. The summed E-state index contributed by atoms with van der Waals surface area (Å²) in [6.07, 6.45) is 7.13. The number of halogens is 3. The number of hydrogen-bond donors (Lipinski definition) is 0. The summed E-state index contributed by atoms with van der Waals surface area (Å²) >= 11 is 0. The van der Waals surface area contributed by atoms with Crippen LogP contribution >= 0.6 is 0 Å². The third-order valence-electron chi connectivity index (χ3n) is 5.63. The van der Waals surface area contributed by atoms with E-state index in [-0.39, 0.29) is 0 Å². The average molecular weight is 382 g/mol. The Kier molecular flexibility index (Phi) is 3.40. The minimum absolute atomic E-state index is 0.437. The van der Waals surface area contributed by atoms with Gasteiger partial charge in [-0.1, -0.05) is 41.7 Å². The first-order valence-corrected chi connectivity index (χ1v) is 9.03. The number of terminal acetylenes is 2. The fourth-order valence-electron chi connectivity index (χ4n) is 4.32. The van der Waals surface area contributed by atoms with Gasteiger partial charge in [-0.15, -0.1) is 12.8 Å². The van der Waals surface area contributed by atoms with Crippen LogP contribution in [0.5, 0.6) is 0 Å². The number of hydrogen-bond acceptors (Lipinski definition) is 0. The minimum Gasteiger partial charge on any atom is -0.166 e. The Balaban J connectivity index is 1.88. The molecule has 2 aliphatic rings.